The van der Waals surface area contributed by atoms with Gasteiger partial charge in [0.2, 0.25) is 0 Å². The summed E-state index contributed by atoms with van der Waals surface area (Å²) in [6.45, 7) is 2.41. The van der Waals surface area contributed by atoms with E-state index < -0.39 is 0 Å². The molecular formula is C15H13ClINO2. The Morgan fingerprint density at radius 1 is 1.30 bits per heavy atom. The van der Waals surface area contributed by atoms with Crippen molar-refractivity contribution in [2.24, 2.45) is 0 Å². The maximum absolute atomic E-state index is 12.1. The fraction of sp³-hybridized carbons (Fsp3) is 0.200. The van der Waals surface area contributed by atoms with Gasteiger partial charge in [0.25, 0.3) is 5.56 Å². The number of nitrogens with zero attached hydrogens (tertiary/aromatic N) is 1. The smallest absolute Gasteiger partial charge is 0.264 e. The molecule has 0 amide bonds. The quantitative estimate of drug-likeness (QED) is 0.581. The Morgan fingerprint density at radius 3 is 2.55 bits per heavy atom. The van der Waals surface area contributed by atoms with Crippen molar-refractivity contribution in [3.05, 3.63) is 66.1 Å². The summed E-state index contributed by atoms with van der Waals surface area (Å²) < 4.78 is 2.31. The SMILES string of the molecule is Cc1c(Cl)cc(I)c(=O)n1CCc1ccc(C=O)cc1. The molecule has 2 aromatic rings. The first-order valence-corrected chi connectivity index (χ1v) is 7.58. The highest BCUT2D eigenvalue weighted by atomic mass is 127. The van der Waals surface area contributed by atoms with Crippen LogP contribution < -0.4 is 5.56 Å². The molecule has 1 heterocycles. The summed E-state index contributed by atoms with van der Waals surface area (Å²) in [5.41, 5.74) is 2.50. The Balaban J connectivity index is 2.22. The molecular weight excluding hydrogens is 389 g/mol. The molecule has 0 aliphatic rings. The van der Waals surface area contributed by atoms with Crippen molar-refractivity contribution >= 4 is 40.5 Å². The molecule has 0 bridgehead atoms. The first kappa shape index (κ1) is 15.3. The largest absolute Gasteiger partial charge is 0.310 e. The molecule has 3 nitrogen and oxygen atoms in total. The van der Waals surface area contributed by atoms with Gasteiger partial charge in [-0.1, -0.05) is 35.9 Å². The zero-order valence-electron chi connectivity index (χ0n) is 10.9. The van der Waals surface area contributed by atoms with Crippen molar-refractivity contribution in [2.75, 3.05) is 0 Å². The second-order valence-corrected chi connectivity index (χ2v) is 6.06. The van der Waals surface area contributed by atoms with E-state index in [0.29, 0.717) is 20.7 Å². The Morgan fingerprint density at radius 2 is 1.95 bits per heavy atom. The number of carbonyl (C=O) groups excluding carboxylic acids is 1. The van der Waals surface area contributed by atoms with Gasteiger partial charge in [-0.15, -0.1) is 0 Å². The maximum atomic E-state index is 12.1. The maximum Gasteiger partial charge on any atom is 0.264 e. The number of hydrogen-bond donors (Lipinski definition) is 0. The zero-order chi connectivity index (χ0) is 14.7. The number of aromatic nitrogens is 1. The second kappa shape index (κ2) is 6.54. The molecule has 2 rings (SSSR count). The van der Waals surface area contributed by atoms with Crippen LogP contribution in [0.5, 0.6) is 0 Å². The summed E-state index contributed by atoms with van der Waals surface area (Å²) >= 11 is 8.11. The van der Waals surface area contributed by atoms with Gasteiger partial charge in [0.05, 0.1) is 8.59 Å². The molecule has 0 saturated heterocycles. The van der Waals surface area contributed by atoms with Gasteiger partial charge >= 0.3 is 0 Å². The van der Waals surface area contributed by atoms with Crippen molar-refractivity contribution in [3.8, 4) is 0 Å². The lowest BCUT2D eigenvalue weighted by Crippen LogP contribution is -2.25. The van der Waals surface area contributed by atoms with Crippen molar-refractivity contribution in [1.29, 1.82) is 0 Å². The number of hydrogen-bond acceptors (Lipinski definition) is 2. The van der Waals surface area contributed by atoms with E-state index in [1.54, 1.807) is 22.8 Å². The molecule has 5 heteroatoms. The van der Waals surface area contributed by atoms with Gasteiger partial charge in [0, 0.05) is 17.8 Å². The van der Waals surface area contributed by atoms with Crippen LogP contribution >= 0.6 is 34.2 Å². The van der Waals surface area contributed by atoms with Crippen molar-refractivity contribution < 1.29 is 4.79 Å². The van der Waals surface area contributed by atoms with E-state index >= 15 is 0 Å². The van der Waals surface area contributed by atoms with Crippen LogP contribution in [0.15, 0.2) is 35.1 Å². The molecule has 0 aliphatic heterocycles. The number of carbonyl (C=O) groups is 1. The fourth-order valence-corrected chi connectivity index (χ4v) is 2.96. The zero-order valence-corrected chi connectivity index (χ0v) is 13.8. The van der Waals surface area contributed by atoms with Gasteiger partial charge in [-0.25, -0.2) is 0 Å². The van der Waals surface area contributed by atoms with Gasteiger partial charge in [0.15, 0.2) is 0 Å². The van der Waals surface area contributed by atoms with E-state index in [1.165, 1.54) is 0 Å². The molecule has 20 heavy (non-hydrogen) atoms. The second-order valence-electron chi connectivity index (χ2n) is 4.49. The normalized spacial score (nSPS) is 10.6. The molecule has 0 unspecified atom stereocenters. The Kier molecular flexibility index (Phi) is 4.99. The molecule has 0 fully saturated rings. The number of halogens is 2. The number of benzene rings is 1. The monoisotopic (exact) mass is 401 g/mol. The first-order valence-electron chi connectivity index (χ1n) is 6.12. The topological polar surface area (TPSA) is 39.1 Å². The highest BCUT2D eigenvalue weighted by Gasteiger charge is 2.08. The third kappa shape index (κ3) is 3.30. The number of rotatable bonds is 4. The van der Waals surface area contributed by atoms with Crippen molar-refractivity contribution in [3.63, 3.8) is 0 Å². The first-order chi connectivity index (χ1) is 9.52. The van der Waals surface area contributed by atoms with Crippen molar-refractivity contribution in [2.45, 2.75) is 19.9 Å². The van der Waals surface area contributed by atoms with Crippen LogP contribution in [0.2, 0.25) is 5.02 Å². The minimum atomic E-state index is -0.0167. The highest BCUT2D eigenvalue weighted by molar-refractivity contribution is 14.1. The number of aldehydes is 1. The summed E-state index contributed by atoms with van der Waals surface area (Å²) in [5.74, 6) is 0. The molecule has 104 valence electrons. The lowest BCUT2D eigenvalue weighted by atomic mass is 10.1. The average molecular weight is 402 g/mol. The van der Waals surface area contributed by atoms with Gasteiger partial charge in [-0.05, 0) is 47.6 Å². The third-order valence-electron chi connectivity index (χ3n) is 3.19. The van der Waals surface area contributed by atoms with E-state index in [-0.39, 0.29) is 5.56 Å². The molecule has 1 aromatic heterocycles. The van der Waals surface area contributed by atoms with Gasteiger partial charge in [-0.2, -0.15) is 0 Å². The fourth-order valence-electron chi connectivity index (χ4n) is 1.96. The predicted octanol–water partition coefficient (Wildman–Crippen LogP) is 3.47. The summed E-state index contributed by atoms with van der Waals surface area (Å²) in [4.78, 5) is 22.7. The van der Waals surface area contributed by atoms with Crippen LogP contribution in [0.1, 0.15) is 21.6 Å². The number of pyridine rings is 1. The standard InChI is InChI=1S/C15H13ClINO2/c1-10-13(16)8-14(17)15(20)18(10)7-6-11-2-4-12(9-19)5-3-11/h2-5,8-9H,6-7H2,1H3. The molecule has 0 saturated carbocycles. The Bertz CT molecular complexity index is 692. The van der Waals surface area contributed by atoms with E-state index in [1.807, 2.05) is 41.6 Å². The van der Waals surface area contributed by atoms with Crippen molar-refractivity contribution in [1.82, 2.24) is 4.57 Å². The molecule has 0 radical (unpaired) electrons. The van der Waals surface area contributed by atoms with Crippen LogP contribution in [0, 0.1) is 10.5 Å². The van der Waals surface area contributed by atoms with Gasteiger partial charge in [-0.3, -0.25) is 9.59 Å². The summed E-state index contributed by atoms with van der Waals surface area (Å²) in [6, 6.07) is 9.05. The van der Waals surface area contributed by atoms with Gasteiger partial charge in [0.1, 0.15) is 6.29 Å². The highest BCUT2D eigenvalue weighted by Crippen LogP contribution is 2.16. The summed E-state index contributed by atoms with van der Waals surface area (Å²) in [5, 5.41) is 0.602. The van der Waals surface area contributed by atoms with E-state index in [4.69, 9.17) is 11.6 Å². The molecule has 0 aliphatic carbocycles. The van der Waals surface area contributed by atoms with Gasteiger partial charge < -0.3 is 4.57 Å². The molecule has 0 atom stereocenters. The summed E-state index contributed by atoms with van der Waals surface area (Å²) in [7, 11) is 0. The summed E-state index contributed by atoms with van der Waals surface area (Å²) in [6.07, 6.45) is 1.54. The van der Waals surface area contributed by atoms with E-state index in [0.717, 1.165) is 24.0 Å². The van der Waals surface area contributed by atoms with Crippen LogP contribution in [0.25, 0.3) is 0 Å². The predicted molar refractivity (Wildman–Crippen MR) is 88.7 cm³/mol. The molecule has 1 aromatic carbocycles. The lowest BCUT2D eigenvalue weighted by molar-refractivity contribution is 0.112. The minimum absolute atomic E-state index is 0.0167. The Labute approximate surface area is 135 Å². The van der Waals surface area contributed by atoms with Crippen LogP contribution in [0.3, 0.4) is 0 Å². The average Bonchev–Trinajstić information content (AvgIpc) is 2.46. The minimum Gasteiger partial charge on any atom is -0.310 e. The third-order valence-corrected chi connectivity index (χ3v) is 4.35. The van der Waals surface area contributed by atoms with E-state index in [2.05, 4.69) is 0 Å². The molecule has 0 N–H and O–H groups in total. The van der Waals surface area contributed by atoms with E-state index in [9.17, 15) is 9.59 Å². The van der Waals surface area contributed by atoms with Crippen LogP contribution in [-0.4, -0.2) is 10.9 Å². The number of aryl methyl sites for hydroxylation is 1. The molecule has 0 spiro atoms. The Hall–Kier alpha value is -1.14. The lowest BCUT2D eigenvalue weighted by Gasteiger charge is -2.12. The van der Waals surface area contributed by atoms with Crippen LogP contribution in [-0.2, 0) is 13.0 Å². The van der Waals surface area contributed by atoms with Crippen LogP contribution in [0.4, 0.5) is 0 Å².